The summed E-state index contributed by atoms with van der Waals surface area (Å²) in [6.45, 7) is 0. The Labute approximate surface area is 148 Å². The van der Waals surface area contributed by atoms with E-state index in [2.05, 4.69) is 24.3 Å². The summed E-state index contributed by atoms with van der Waals surface area (Å²) in [4.78, 5) is 4.91. The molecule has 3 aromatic carbocycles. The van der Waals surface area contributed by atoms with Gasteiger partial charge in [0.1, 0.15) is 5.75 Å². The zero-order chi connectivity index (χ0) is 17.5. The molecular weight excluding hydrogens is 310 g/mol. The molecule has 126 valence electrons. The molecule has 0 bridgehead atoms. The van der Waals surface area contributed by atoms with Gasteiger partial charge < -0.3 is 9.47 Å². The molecule has 25 heavy (non-hydrogen) atoms. The Morgan fingerprint density at radius 2 is 1.24 bits per heavy atom. The Kier molecular flexibility index (Phi) is 5.60. The highest BCUT2D eigenvalue weighted by atomic mass is 16.5. The zero-order valence-corrected chi connectivity index (χ0v) is 14.4. The number of rotatable bonds is 6. The molecule has 0 fully saturated rings. The van der Waals surface area contributed by atoms with Crippen LogP contribution in [-0.2, 0) is 4.74 Å². The molecule has 0 aliphatic carbocycles. The summed E-state index contributed by atoms with van der Waals surface area (Å²) in [5.74, 6) is 0.814. The van der Waals surface area contributed by atoms with Crippen molar-refractivity contribution >= 4 is 5.71 Å². The molecule has 3 aromatic rings. The van der Waals surface area contributed by atoms with Crippen molar-refractivity contribution in [1.82, 2.24) is 0 Å². The molecular formula is C22H21NO2. The minimum Gasteiger partial charge on any atom is -0.497 e. The van der Waals surface area contributed by atoms with Crippen molar-refractivity contribution in [2.45, 2.75) is 6.23 Å². The van der Waals surface area contributed by atoms with Gasteiger partial charge in [-0.25, -0.2) is 4.99 Å². The fourth-order valence-electron chi connectivity index (χ4n) is 2.66. The van der Waals surface area contributed by atoms with Crippen LogP contribution in [0.25, 0.3) is 0 Å². The average Bonchev–Trinajstić information content (AvgIpc) is 2.70. The quantitative estimate of drug-likeness (QED) is 0.603. The van der Waals surface area contributed by atoms with Gasteiger partial charge in [0, 0.05) is 23.8 Å². The molecule has 3 heteroatoms. The van der Waals surface area contributed by atoms with Crippen LogP contribution in [0.2, 0.25) is 0 Å². The lowest BCUT2D eigenvalue weighted by atomic mass is 10.0. The highest BCUT2D eigenvalue weighted by Gasteiger charge is 2.13. The van der Waals surface area contributed by atoms with Crippen LogP contribution < -0.4 is 4.74 Å². The molecule has 0 saturated heterocycles. The van der Waals surface area contributed by atoms with E-state index in [1.54, 1.807) is 14.2 Å². The number of methoxy groups -OCH3 is 2. The van der Waals surface area contributed by atoms with E-state index in [0.29, 0.717) is 0 Å². The van der Waals surface area contributed by atoms with Crippen LogP contribution in [-0.4, -0.2) is 19.9 Å². The van der Waals surface area contributed by atoms with E-state index in [1.807, 2.05) is 60.7 Å². The third-order valence-corrected chi connectivity index (χ3v) is 3.97. The Hall–Kier alpha value is -2.91. The van der Waals surface area contributed by atoms with Gasteiger partial charge in [-0.05, 0) is 12.1 Å². The summed E-state index contributed by atoms with van der Waals surface area (Å²) < 4.78 is 10.9. The number of hydrogen-bond acceptors (Lipinski definition) is 3. The normalized spacial score (nSPS) is 11.6. The largest absolute Gasteiger partial charge is 0.497 e. The third-order valence-electron chi connectivity index (χ3n) is 3.97. The minimum absolute atomic E-state index is 0.388. The first-order valence-electron chi connectivity index (χ1n) is 8.17. The Morgan fingerprint density at radius 1 is 0.720 bits per heavy atom. The Balaban J connectivity index is 2.03. The standard InChI is InChI=1S/C22H21NO2/c1-24-20-15-13-19(14-16-20)22(25-2)23-21(17-9-5-3-6-10-17)18-11-7-4-8-12-18/h3-16,22H,1-2H3. The highest BCUT2D eigenvalue weighted by Crippen LogP contribution is 2.24. The van der Waals surface area contributed by atoms with Gasteiger partial charge in [0.2, 0.25) is 0 Å². The van der Waals surface area contributed by atoms with Crippen LogP contribution in [0.4, 0.5) is 0 Å². The monoisotopic (exact) mass is 331 g/mol. The lowest BCUT2D eigenvalue weighted by Gasteiger charge is -2.15. The van der Waals surface area contributed by atoms with Crippen molar-refractivity contribution in [3.8, 4) is 5.75 Å². The number of nitrogens with zero attached hydrogens (tertiary/aromatic N) is 1. The molecule has 0 saturated carbocycles. The molecule has 0 aliphatic rings. The molecule has 0 heterocycles. The van der Waals surface area contributed by atoms with Crippen molar-refractivity contribution in [1.29, 1.82) is 0 Å². The smallest absolute Gasteiger partial charge is 0.174 e. The molecule has 0 spiro atoms. The summed E-state index contributed by atoms with van der Waals surface area (Å²) in [7, 11) is 3.33. The Morgan fingerprint density at radius 3 is 1.68 bits per heavy atom. The van der Waals surface area contributed by atoms with Gasteiger partial charge >= 0.3 is 0 Å². The lowest BCUT2D eigenvalue weighted by Crippen LogP contribution is -2.08. The van der Waals surface area contributed by atoms with E-state index in [4.69, 9.17) is 14.5 Å². The predicted molar refractivity (Wildman–Crippen MR) is 101 cm³/mol. The number of hydrogen-bond donors (Lipinski definition) is 0. The number of ether oxygens (including phenoxy) is 2. The maximum atomic E-state index is 5.66. The van der Waals surface area contributed by atoms with E-state index in [1.165, 1.54) is 0 Å². The van der Waals surface area contributed by atoms with E-state index in [0.717, 1.165) is 28.2 Å². The first-order valence-corrected chi connectivity index (χ1v) is 8.17. The molecule has 3 rings (SSSR count). The molecule has 0 radical (unpaired) electrons. The zero-order valence-electron chi connectivity index (χ0n) is 14.4. The van der Waals surface area contributed by atoms with E-state index in [9.17, 15) is 0 Å². The average molecular weight is 331 g/mol. The van der Waals surface area contributed by atoms with E-state index in [-0.39, 0.29) is 6.23 Å². The van der Waals surface area contributed by atoms with Gasteiger partial charge in [-0.2, -0.15) is 0 Å². The van der Waals surface area contributed by atoms with Gasteiger partial charge in [-0.15, -0.1) is 0 Å². The second-order valence-corrected chi connectivity index (χ2v) is 5.57. The SMILES string of the molecule is COc1ccc(C(N=C(c2ccccc2)c2ccccc2)OC)cc1. The molecule has 0 aliphatic heterocycles. The fourth-order valence-corrected chi connectivity index (χ4v) is 2.66. The maximum Gasteiger partial charge on any atom is 0.174 e. The van der Waals surface area contributed by atoms with E-state index < -0.39 is 0 Å². The van der Waals surface area contributed by atoms with Crippen molar-refractivity contribution in [2.24, 2.45) is 4.99 Å². The topological polar surface area (TPSA) is 30.8 Å². The van der Waals surface area contributed by atoms with Crippen LogP contribution in [0.5, 0.6) is 5.75 Å². The number of aliphatic imine (C=N–C) groups is 1. The van der Waals surface area contributed by atoms with Gasteiger partial charge in [-0.1, -0.05) is 72.8 Å². The van der Waals surface area contributed by atoms with Gasteiger partial charge in [0.15, 0.2) is 6.23 Å². The minimum atomic E-state index is -0.388. The second kappa shape index (κ2) is 8.27. The van der Waals surface area contributed by atoms with Crippen LogP contribution in [0.3, 0.4) is 0 Å². The molecule has 1 unspecified atom stereocenters. The highest BCUT2D eigenvalue weighted by molar-refractivity contribution is 6.12. The summed E-state index contributed by atoms with van der Waals surface area (Å²) in [5.41, 5.74) is 4.00. The van der Waals surface area contributed by atoms with Gasteiger partial charge in [0.25, 0.3) is 0 Å². The van der Waals surface area contributed by atoms with Crippen molar-refractivity contribution in [3.63, 3.8) is 0 Å². The maximum absolute atomic E-state index is 5.66. The fraction of sp³-hybridized carbons (Fsp3) is 0.136. The predicted octanol–water partition coefficient (Wildman–Crippen LogP) is 4.88. The van der Waals surface area contributed by atoms with Crippen molar-refractivity contribution in [3.05, 3.63) is 102 Å². The van der Waals surface area contributed by atoms with Gasteiger partial charge in [-0.3, -0.25) is 0 Å². The molecule has 1 atom stereocenters. The first-order chi connectivity index (χ1) is 12.3. The number of benzene rings is 3. The summed E-state index contributed by atoms with van der Waals surface area (Å²) in [6.07, 6.45) is -0.388. The first kappa shape index (κ1) is 16.9. The Bertz CT molecular complexity index is 770. The van der Waals surface area contributed by atoms with Crippen LogP contribution in [0.1, 0.15) is 22.9 Å². The third kappa shape index (κ3) is 4.14. The van der Waals surface area contributed by atoms with E-state index >= 15 is 0 Å². The summed E-state index contributed by atoms with van der Waals surface area (Å²) in [6, 6.07) is 28.1. The molecule has 0 aromatic heterocycles. The summed E-state index contributed by atoms with van der Waals surface area (Å²) >= 11 is 0. The second-order valence-electron chi connectivity index (χ2n) is 5.57. The van der Waals surface area contributed by atoms with Crippen molar-refractivity contribution in [2.75, 3.05) is 14.2 Å². The molecule has 0 N–H and O–H groups in total. The van der Waals surface area contributed by atoms with Crippen LogP contribution >= 0.6 is 0 Å². The summed E-state index contributed by atoms with van der Waals surface area (Å²) in [5, 5.41) is 0. The lowest BCUT2D eigenvalue weighted by molar-refractivity contribution is 0.111. The van der Waals surface area contributed by atoms with Crippen LogP contribution in [0, 0.1) is 0 Å². The van der Waals surface area contributed by atoms with Crippen molar-refractivity contribution < 1.29 is 9.47 Å². The molecule has 3 nitrogen and oxygen atoms in total. The van der Waals surface area contributed by atoms with Crippen LogP contribution in [0.15, 0.2) is 89.9 Å². The van der Waals surface area contributed by atoms with Gasteiger partial charge in [0.05, 0.1) is 12.8 Å². The molecule has 0 amide bonds.